The lowest BCUT2D eigenvalue weighted by Gasteiger charge is -2.29. The van der Waals surface area contributed by atoms with E-state index in [0.29, 0.717) is 12.3 Å². The van der Waals surface area contributed by atoms with Crippen molar-refractivity contribution >= 4 is 29.0 Å². The van der Waals surface area contributed by atoms with Crippen molar-refractivity contribution in [2.24, 2.45) is 9.98 Å². The number of aliphatic imine (C=N–C) groups is 2. The number of amides is 1. The molecular formula is C22H21N5O. The smallest absolute Gasteiger partial charge is 0.254 e. The van der Waals surface area contributed by atoms with Gasteiger partial charge in [-0.15, -0.1) is 0 Å². The molecule has 2 atom stereocenters. The van der Waals surface area contributed by atoms with E-state index in [1.807, 2.05) is 36.4 Å². The molecule has 6 nitrogen and oxygen atoms in total. The quantitative estimate of drug-likeness (QED) is 0.723. The molecule has 0 aliphatic carbocycles. The summed E-state index contributed by atoms with van der Waals surface area (Å²) in [4.78, 5) is 27.1. The normalized spacial score (nSPS) is 20.9. The van der Waals surface area contributed by atoms with Gasteiger partial charge < -0.3 is 15.2 Å². The van der Waals surface area contributed by atoms with E-state index in [1.54, 1.807) is 6.34 Å². The number of nitrogens with one attached hydrogen (secondary N) is 2. The number of hydrogen-bond acceptors (Lipinski definition) is 4. The number of rotatable bonds is 5. The molecule has 28 heavy (non-hydrogen) atoms. The van der Waals surface area contributed by atoms with Crippen LogP contribution in [-0.4, -0.2) is 46.7 Å². The largest absolute Gasteiger partial charge is 0.361 e. The Bertz CT molecular complexity index is 1070. The van der Waals surface area contributed by atoms with Gasteiger partial charge in [-0.2, -0.15) is 0 Å². The molecule has 0 saturated carbocycles. The molecule has 2 aliphatic rings. The Labute approximate surface area is 163 Å². The van der Waals surface area contributed by atoms with Gasteiger partial charge in [-0.1, -0.05) is 48.5 Å². The van der Waals surface area contributed by atoms with Crippen LogP contribution in [0.5, 0.6) is 0 Å². The van der Waals surface area contributed by atoms with Gasteiger partial charge in [0.05, 0.1) is 6.34 Å². The molecule has 140 valence electrons. The molecule has 1 amide bonds. The molecular weight excluding hydrogens is 350 g/mol. The Balaban J connectivity index is 1.32. The van der Waals surface area contributed by atoms with Crippen LogP contribution in [0.15, 0.2) is 70.8 Å². The lowest BCUT2D eigenvalue weighted by molar-refractivity contribution is -0.122. The van der Waals surface area contributed by atoms with E-state index >= 15 is 0 Å². The van der Waals surface area contributed by atoms with E-state index in [-0.39, 0.29) is 12.1 Å². The van der Waals surface area contributed by atoms with Gasteiger partial charge in [0.2, 0.25) is 0 Å². The summed E-state index contributed by atoms with van der Waals surface area (Å²) < 4.78 is 0. The number of amidine groups is 1. The third kappa shape index (κ3) is 3.07. The average molecular weight is 371 g/mol. The summed E-state index contributed by atoms with van der Waals surface area (Å²) in [6.07, 6.45) is 5.07. The number of benzene rings is 2. The van der Waals surface area contributed by atoms with Crippen molar-refractivity contribution in [1.82, 2.24) is 15.2 Å². The third-order valence-electron chi connectivity index (χ3n) is 5.35. The minimum absolute atomic E-state index is 0.0724. The second-order valence-corrected chi connectivity index (χ2v) is 7.20. The number of hydrogen-bond donors (Lipinski definition) is 2. The molecule has 0 fully saturated rings. The zero-order chi connectivity index (χ0) is 18.9. The van der Waals surface area contributed by atoms with Crippen LogP contribution in [0.3, 0.4) is 0 Å². The maximum atomic E-state index is 12.5. The topological polar surface area (TPSA) is 72.8 Å². The number of para-hydroxylation sites is 1. The van der Waals surface area contributed by atoms with Crippen LogP contribution in [0.2, 0.25) is 0 Å². The van der Waals surface area contributed by atoms with Gasteiger partial charge in [0.15, 0.2) is 12.2 Å². The van der Waals surface area contributed by atoms with Gasteiger partial charge in [0.1, 0.15) is 5.84 Å². The number of nitrogens with zero attached hydrogens (tertiary/aromatic N) is 3. The molecule has 6 heteroatoms. The summed E-state index contributed by atoms with van der Waals surface area (Å²) in [6, 6.07) is 17.9. The average Bonchev–Trinajstić information content (AvgIpc) is 3.31. The van der Waals surface area contributed by atoms with Crippen molar-refractivity contribution in [3.8, 4) is 0 Å². The van der Waals surface area contributed by atoms with E-state index in [4.69, 9.17) is 4.99 Å². The summed E-state index contributed by atoms with van der Waals surface area (Å²) in [7, 11) is 0. The molecule has 3 heterocycles. The van der Waals surface area contributed by atoms with E-state index in [9.17, 15) is 4.79 Å². The first-order valence-corrected chi connectivity index (χ1v) is 9.53. The first-order valence-electron chi connectivity index (χ1n) is 9.53. The molecule has 0 radical (unpaired) electrons. The number of fused-ring (bicyclic) bond motifs is 2. The number of carbonyl (C=O) groups is 1. The third-order valence-corrected chi connectivity index (χ3v) is 5.35. The zero-order valence-electron chi connectivity index (χ0n) is 15.4. The van der Waals surface area contributed by atoms with Crippen LogP contribution in [0.4, 0.5) is 0 Å². The second kappa shape index (κ2) is 6.96. The van der Waals surface area contributed by atoms with Crippen molar-refractivity contribution in [1.29, 1.82) is 0 Å². The summed E-state index contributed by atoms with van der Waals surface area (Å²) >= 11 is 0. The Morgan fingerprint density at radius 1 is 1.04 bits per heavy atom. The highest BCUT2D eigenvalue weighted by Crippen LogP contribution is 2.22. The lowest BCUT2D eigenvalue weighted by Crippen LogP contribution is -2.52. The van der Waals surface area contributed by atoms with Crippen LogP contribution in [0.25, 0.3) is 10.9 Å². The van der Waals surface area contributed by atoms with Gasteiger partial charge in [-0.05, 0) is 23.6 Å². The van der Waals surface area contributed by atoms with E-state index in [0.717, 1.165) is 24.0 Å². The van der Waals surface area contributed by atoms with Crippen LogP contribution >= 0.6 is 0 Å². The lowest BCUT2D eigenvalue weighted by atomic mass is 10.1. The molecule has 5 rings (SSSR count). The molecule has 2 N–H and O–H groups in total. The van der Waals surface area contributed by atoms with Gasteiger partial charge in [0.25, 0.3) is 5.91 Å². The number of H-pyrrole nitrogens is 1. The SMILES string of the molecule is O=C1NC(Cc2ccccc2)=NC2C1N=CN2CCc1c[nH]c2ccccc12. The highest BCUT2D eigenvalue weighted by Gasteiger charge is 2.39. The predicted octanol–water partition coefficient (Wildman–Crippen LogP) is 2.52. The van der Waals surface area contributed by atoms with Gasteiger partial charge in [-0.3, -0.25) is 9.79 Å². The zero-order valence-corrected chi connectivity index (χ0v) is 15.4. The molecule has 2 unspecified atom stereocenters. The number of aromatic amines is 1. The highest BCUT2D eigenvalue weighted by molar-refractivity contribution is 6.04. The second-order valence-electron chi connectivity index (χ2n) is 7.20. The minimum atomic E-state index is -0.456. The van der Waals surface area contributed by atoms with E-state index in [2.05, 4.69) is 44.6 Å². The van der Waals surface area contributed by atoms with Crippen molar-refractivity contribution in [2.45, 2.75) is 25.0 Å². The van der Waals surface area contributed by atoms with Crippen molar-refractivity contribution in [2.75, 3.05) is 6.54 Å². The summed E-state index contributed by atoms with van der Waals surface area (Å²) in [6.45, 7) is 0.766. The highest BCUT2D eigenvalue weighted by atomic mass is 16.2. The molecule has 2 aromatic carbocycles. The van der Waals surface area contributed by atoms with Crippen LogP contribution in [0, 0.1) is 0 Å². The maximum absolute atomic E-state index is 12.5. The fourth-order valence-corrected chi connectivity index (χ4v) is 3.90. The van der Waals surface area contributed by atoms with E-state index < -0.39 is 6.04 Å². The Morgan fingerprint density at radius 2 is 1.86 bits per heavy atom. The molecule has 0 bridgehead atoms. The fourth-order valence-electron chi connectivity index (χ4n) is 3.90. The standard InChI is InChI=1S/C22H21N5O/c28-22-20-21(25-19(26-22)12-15-6-2-1-3-7-15)27(14-24-20)11-10-16-13-23-18-9-5-4-8-17(16)18/h1-9,13-14,20-21,23H,10-12H2,(H,25,26,28). The van der Waals surface area contributed by atoms with Crippen LogP contribution in [0.1, 0.15) is 11.1 Å². The van der Waals surface area contributed by atoms with Gasteiger partial charge in [-0.25, -0.2) is 4.99 Å². The molecule has 0 spiro atoms. The molecule has 2 aliphatic heterocycles. The minimum Gasteiger partial charge on any atom is -0.361 e. The summed E-state index contributed by atoms with van der Waals surface area (Å²) in [5, 5.41) is 4.16. The fraction of sp³-hybridized carbons (Fsp3) is 0.227. The Morgan fingerprint density at radius 3 is 2.75 bits per heavy atom. The predicted molar refractivity (Wildman–Crippen MR) is 111 cm³/mol. The van der Waals surface area contributed by atoms with E-state index in [1.165, 1.54) is 10.9 Å². The van der Waals surface area contributed by atoms with Crippen molar-refractivity contribution in [3.05, 3.63) is 71.9 Å². The number of aromatic nitrogens is 1. The van der Waals surface area contributed by atoms with Crippen molar-refractivity contribution < 1.29 is 4.79 Å². The monoisotopic (exact) mass is 371 g/mol. The molecule has 3 aromatic rings. The van der Waals surface area contributed by atoms with Crippen LogP contribution < -0.4 is 5.32 Å². The van der Waals surface area contributed by atoms with Crippen molar-refractivity contribution in [3.63, 3.8) is 0 Å². The van der Waals surface area contributed by atoms with Gasteiger partial charge in [0, 0.05) is 30.1 Å². The Kier molecular flexibility index (Phi) is 4.16. The first kappa shape index (κ1) is 16.7. The summed E-state index contributed by atoms with van der Waals surface area (Å²) in [5.74, 6) is 0.636. The summed E-state index contributed by atoms with van der Waals surface area (Å²) in [5.41, 5.74) is 3.54. The van der Waals surface area contributed by atoms with Crippen LogP contribution in [-0.2, 0) is 17.6 Å². The molecule has 1 aromatic heterocycles. The number of carbonyl (C=O) groups excluding carboxylic acids is 1. The first-order chi connectivity index (χ1) is 13.8. The molecule has 0 saturated heterocycles. The van der Waals surface area contributed by atoms with Gasteiger partial charge >= 0.3 is 0 Å². The maximum Gasteiger partial charge on any atom is 0.254 e. The Hall–Kier alpha value is -3.41.